The van der Waals surface area contributed by atoms with Gasteiger partial charge in [0.2, 0.25) is 0 Å². The molecular formula is C13H16ClFN2. The van der Waals surface area contributed by atoms with E-state index in [9.17, 15) is 4.39 Å². The van der Waals surface area contributed by atoms with Gasteiger partial charge in [0.25, 0.3) is 0 Å². The second-order valence-corrected chi connectivity index (χ2v) is 4.51. The second-order valence-electron chi connectivity index (χ2n) is 4.10. The van der Waals surface area contributed by atoms with Crippen LogP contribution in [-0.4, -0.2) is 31.1 Å². The Morgan fingerprint density at radius 1 is 1.41 bits per heavy atom. The zero-order valence-electron chi connectivity index (χ0n) is 9.63. The van der Waals surface area contributed by atoms with Gasteiger partial charge >= 0.3 is 0 Å². The van der Waals surface area contributed by atoms with Crippen molar-refractivity contribution in [2.75, 3.05) is 26.2 Å². The quantitative estimate of drug-likeness (QED) is 0.835. The van der Waals surface area contributed by atoms with Crippen LogP contribution in [0.3, 0.4) is 0 Å². The van der Waals surface area contributed by atoms with Crippen LogP contribution in [0.1, 0.15) is 11.6 Å². The summed E-state index contributed by atoms with van der Waals surface area (Å²) in [6.45, 7) is 7.39. The number of benzene rings is 1. The molecule has 0 amide bonds. The molecule has 0 radical (unpaired) electrons. The van der Waals surface area contributed by atoms with Gasteiger partial charge in [0.1, 0.15) is 5.82 Å². The summed E-state index contributed by atoms with van der Waals surface area (Å²) in [7, 11) is 0. The predicted molar refractivity (Wildman–Crippen MR) is 68.8 cm³/mol. The molecule has 0 unspecified atom stereocenters. The number of hydrogen-bond acceptors (Lipinski definition) is 2. The molecule has 1 N–H and O–H groups in total. The molecule has 17 heavy (non-hydrogen) atoms. The van der Waals surface area contributed by atoms with Gasteiger partial charge < -0.3 is 5.32 Å². The third-order valence-electron chi connectivity index (χ3n) is 3.06. The van der Waals surface area contributed by atoms with Crippen molar-refractivity contribution in [3.8, 4) is 0 Å². The highest BCUT2D eigenvalue weighted by molar-refractivity contribution is 6.31. The van der Waals surface area contributed by atoms with Gasteiger partial charge in [-0.2, -0.15) is 0 Å². The monoisotopic (exact) mass is 254 g/mol. The molecule has 1 aliphatic rings. The number of halogens is 2. The molecule has 1 heterocycles. The SMILES string of the molecule is C=C[C@@H](c1c(F)cccc1Cl)N1CCNCC1. The molecule has 0 spiro atoms. The first kappa shape index (κ1) is 12.6. The van der Waals surface area contributed by atoms with Gasteiger partial charge in [-0.25, -0.2) is 4.39 Å². The van der Waals surface area contributed by atoms with Crippen LogP contribution >= 0.6 is 11.6 Å². The standard InChI is InChI=1S/C13H16ClFN2/c1-2-12(17-8-6-16-7-9-17)13-10(14)4-3-5-11(13)15/h2-5,12,16H,1,6-9H2/t12-/m0/s1. The number of hydrogen-bond donors (Lipinski definition) is 1. The Kier molecular flexibility index (Phi) is 4.15. The lowest BCUT2D eigenvalue weighted by molar-refractivity contribution is 0.200. The van der Waals surface area contributed by atoms with E-state index in [1.54, 1.807) is 18.2 Å². The summed E-state index contributed by atoms with van der Waals surface area (Å²) in [6.07, 6.45) is 1.76. The third kappa shape index (κ3) is 2.68. The molecule has 1 aromatic rings. The molecule has 1 aromatic carbocycles. The molecule has 0 aliphatic carbocycles. The zero-order valence-corrected chi connectivity index (χ0v) is 10.4. The summed E-state index contributed by atoms with van der Waals surface area (Å²) in [5.74, 6) is -0.263. The smallest absolute Gasteiger partial charge is 0.129 e. The minimum absolute atomic E-state index is 0.147. The second kappa shape index (κ2) is 5.63. The molecule has 2 nitrogen and oxygen atoms in total. The highest BCUT2D eigenvalue weighted by Gasteiger charge is 2.23. The first-order valence-electron chi connectivity index (χ1n) is 5.75. The summed E-state index contributed by atoms with van der Waals surface area (Å²) in [6, 6.07) is 4.64. The van der Waals surface area contributed by atoms with E-state index in [4.69, 9.17) is 11.6 Å². The minimum atomic E-state index is -0.263. The molecule has 2 rings (SSSR count). The summed E-state index contributed by atoms with van der Waals surface area (Å²) in [5.41, 5.74) is 0.533. The molecule has 1 atom stereocenters. The van der Waals surface area contributed by atoms with Crippen molar-refractivity contribution in [2.24, 2.45) is 0 Å². The number of piperazine rings is 1. The summed E-state index contributed by atoms with van der Waals surface area (Å²) >= 11 is 6.09. The van der Waals surface area contributed by atoms with E-state index < -0.39 is 0 Å². The Bertz CT molecular complexity index is 382. The molecule has 0 bridgehead atoms. The van der Waals surface area contributed by atoms with Gasteiger partial charge in [-0.1, -0.05) is 23.7 Å². The van der Waals surface area contributed by atoms with Gasteiger partial charge in [0, 0.05) is 36.8 Å². The topological polar surface area (TPSA) is 15.3 Å². The highest BCUT2D eigenvalue weighted by atomic mass is 35.5. The lowest BCUT2D eigenvalue weighted by Crippen LogP contribution is -2.44. The van der Waals surface area contributed by atoms with E-state index >= 15 is 0 Å². The molecular weight excluding hydrogens is 239 g/mol. The van der Waals surface area contributed by atoms with Crippen molar-refractivity contribution in [1.82, 2.24) is 10.2 Å². The Morgan fingerprint density at radius 2 is 2.12 bits per heavy atom. The van der Waals surface area contributed by atoms with Crippen molar-refractivity contribution in [3.63, 3.8) is 0 Å². The van der Waals surface area contributed by atoms with Crippen LogP contribution in [0.4, 0.5) is 4.39 Å². The average molecular weight is 255 g/mol. The van der Waals surface area contributed by atoms with E-state index in [0.29, 0.717) is 10.6 Å². The van der Waals surface area contributed by atoms with Crippen molar-refractivity contribution in [3.05, 3.63) is 47.3 Å². The zero-order chi connectivity index (χ0) is 12.3. The van der Waals surface area contributed by atoms with Crippen LogP contribution in [0.15, 0.2) is 30.9 Å². The molecule has 1 aliphatic heterocycles. The van der Waals surface area contributed by atoms with E-state index in [1.165, 1.54) is 6.07 Å². The van der Waals surface area contributed by atoms with Crippen molar-refractivity contribution < 1.29 is 4.39 Å². The number of nitrogens with one attached hydrogen (secondary N) is 1. The Morgan fingerprint density at radius 3 is 2.71 bits per heavy atom. The average Bonchev–Trinajstić information content (AvgIpc) is 2.35. The molecule has 0 saturated carbocycles. The van der Waals surface area contributed by atoms with Gasteiger partial charge in [-0.15, -0.1) is 6.58 Å². The Balaban J connectivity index is 2.31. The van der Waals surface area contributed by atoms with Crippen LogP contribution in [0.25, 0.3) is 0 Å². The van der Waals surface area contributed by atoms with Gasteiger partial charge in [0.05, 0.1) is 6.04 Å². The van der Waals surface area contributed by atoms with E-state index in [1.807, 2.05) is 0 Å². The fraction of sp³-hybridized carbons (Fsp3) is 0.385. The molecule has 1 saturated heterocycles. The number of rotatable bonds is 3. The maximum atomic E-state index is 13.9. The lowest BCUT2D eigenvalue weighted by atomic mass is 10.0. The maximum Gasteiger partial charge on any atom is 0.129 e. The Labute approximate surface area is 106 Å². The van der Waals surface area contributed by atoms with Crippen LogP contribution in [0.5, 0.6) is 0 Å². The predicted octanol–water partition coefficient (Wildman–Crippen LogP) is 2.61. The Hall–Kier alpha value is -0.900. The van der Waals surface area contributed by atoms with Crippen molar-refractivity contribution >= 4 is 11.6 Å². The van der Waals surface area contributed by atoms with Crippen LogP contribution < -0.4 is 5.32 Å². The van der Waals surface area contributed by atoms with E-state index in [2.05, 4.69) is 16.8 Å². The van der Waals surface area contributed by atoms with Crippen LogP contribution in [-0.2, 0) is 0 Å². The number of nitrogens with zero attached hydrogens (tertiary/aromatic N) is 1. The van der Waals surface area contributed by atoms with E-state index in [-0.39, 0.29) is 11.9 Å². The summed E-state index contributed by atoms with van der Waals surface area (Å²) in [5, 5.41) is 3.74. The first-order chi connectivity index (χ1) is 8.24. The minimum Gasteiger partial charge on any atom is -0.314 e. The van der Waals surface area contributed by atoms with E-state index in [0.717, 1.165) is 26.2 Å². The molecule has 0 aromatic heterocycles. The van der Waals surface area contributed by atoms with Crippen LogP contribution in [0, 0.1) is 5.82 Å². The molecule has 1 fully saturated rings. The first-order valence-corrected chi connectivity index (χ1v) is 6.13. The molecule has 92 valence electrons. The fourth-order valence-corrected chi connectivity index (χ4v) is 2.48. The maximum absolute atomic E-state index is 13.9. The largest absolute Gasteiger partial charge is 0.314 e. The van der Waals surface area contributed by atoms with Gasteiger partial charge in [0.15, 0.2) is 0 Å². The highest BCUT2D eigenvalue weighted by Crippen LogP contribution is 2.30. The van der Waals surface area contributed by atoms with Crippen molar-refractivity contribution in [1.29, 1.82) is 0 Å². The lowest BCUT2D eigenvalue weighted by Gasteiger charge is -2.33. The van der Waals surface area contributed by atoms with Crippen molar-refractivity contribution in [2.45, 2.75) is 6.04 Å². The fourth-order valence-electron chi connectivity index (χ4n) is 2.20. The normalized spacial score (nSPS) is 18.9. The van der Waals surface area contributed by atoms with Gasteiger partial charge in [-0.3, -0.25) is 4.90 Å². The molecule has 4 heteroatoms. The van der Waals surface area contributed by atoms with Gasteiger partial charge in [-0.05, 0) is 12.1 Å². The summed E-state index contributed by atoms with van der Waals surface area (Å²) < 4.78 is 13.9. The summed E-state index contributed by atoms with van der Waals surface area (Å²) in [4.78, 5) is 2.19. The van der Waals surface area contributed by atoms with Crippen LogP contribution in [0.2, 0.25) is 5.02 Å². The third-order valence-corrected chi connectivity index (χ3v) is 3.39.